The molecular weight excluding hydrogens is 452 g/mol. The van der Waals surface area contributed by atoms with Crippen molar-refractivity contribution in [1.82, 2.24) is 0 Å². The Bertz CT molecular complexity index is 774. The summed E-state index contributed by atoms with van der Waals surface area (Å²) in [6.45, 7) is 7.32. The van der Waals surface area contributed by atoms with Crippen LogP contribution in [-0.2, 0) is 28.7 Å². The molecule has 2 aliphatic rings. The number of Topliss-reactive ketones (excluding diaryl/α,β-unsaturated/α-hetero) is 1. The molecule has 0 aliphatic heterocycles. The lowest BCUT2D eigenvalue weighted by atomic mass is 9.76. The van der Waals surface area contributed by atoms with Gasteiger partial charge in [0.05, 0.1) is 13.2 Å². The minimum atomic E-state index is -1.65. The number of carbonyl (C=O) groups is 4. The fraction of sp³-hybridized carbons (Fsp3) is 0.565. The lowest BCUT2D eigenvalue weighted by molar-refractivity contribution is -0.172. The molecule has 0 saturated heterocycles. The predicted octanol–water partition coefficient (Wildman–Crippen LogP) is 4.37. The number of hydrogen-bond acceptors (Lipinski definition) is 6. The Balaban J connectivity index is 2.44. The van der Waals surface area contributed by atoms with Crippen LogP contribution in [0.25, 0.3) is 0 Å². The van der Waals surface area contributed by atoms with Crippen LogP contribution in [0.4, 0.5) is 0 Å². The normalized spacial score (nSPS) is 20.8. The van der Waals surface area contributed by atoms with Crippen molar-refractivity contribution < 1.29 is 28.7 Å². The van der Waals surface area contributed by atoms with E-state index in [1.807, 2.05) is 6.08 Å². The van der Waals surface area contributed by atoms with Crippen LogP contribution in [0.1, 0.15) is 58.8 Å². The first-order valence-corrected chi connectivity index (χ1v) is 11.2. The van der Waals surface area contributed by atoms with E-state index >= 15 is 0 Å². The number of ketones is 2. The topological polar surface area (TPSA) is 86.7 Å². The number of halogens is 1. The molecule has 0 heterocycles. The summed E-state index contributed by atoms with van der Waals surface area (Å²) >= 11 is 3.26. The predicted molar refractivity (Wildman–Crippen MR) is 116 cm³/mol. The molecule has 0 aromatic heterocycles. The molecule has 1 fully saturated rings. The van der Waals surface area contributed by atoms with Gasteiger partial charge in [-0.2, -0.15) is 0 Å². The minimum Gasteiger partial charge on any atom is -0.465 e. The molecule has 0 spiro atoms. The van der Waals surface area contributed by atoms with Crippen LogP contribution in [-0.4, -0.2) is 36.7 Å². The van der Waals surface area contributed by atoms with Crippen molar-refractivity contribution in [3.8, 4) is 0 Å². The second-order valence-corrected chi connectivity index (χ2v) is 8.84. The molecule has 7 heteroatoms. The summed E-state index contributed by atoms with van der Waals surface area (Å²) < 4.78 is 10.9. The lowest BCUT2D eigenvalue weighted by Crippen LogP contribution is -2.42. The largest absolute Gasteiger partial charge is 0.465 e. The molecule has 1 unspecified atom stereocenters. The molecular formula is C23H29BrO6. The van der Waals surface area contributed by atoms with Gasteiger partial charge in [-0.15, -0.1) is 0 Å². The van der Waals surface area contributed by atoms with Crippen molar-refractivity contribution in [2.24, 2.45) is 11.3 Å². The Morgan fingerprint density at radius 3 is 2.37 bits per heavy atom. The summed E-state index contributed by atoms with van der Waals surface area (Å²) in [4.78, 5) is 50.4. The van der Waals surface area contributed by atoms with Gasteiger partial charge in [-0.25, -0.2) is 0 Å². The first-order chi connectivity index (χ1) is 14.2. The molecule has 0 N–H and O–H groups in total. The fourth-order valence-corrected chi connectivity index (χ4v) is 4.50. The van der Waals surface area contributed by atoms with E-state index in [1.54, 1.807) is 13.8 Å². The maximum atomic E-state index is 13.0. The van der Waals surface area contributed by atoms with E-state index in [-0.39, 0.29) is 50.0 Å². The zero-order valence-corrected chi connectivity index (χ0v) is 19.2. The average Bonchev–Trinajstić information content (AvgIpc) is 3.01. The summed E-state index contributed by atoms with van der Waals surface area (Å²) in [6, 6.07) is 0. The average molecular weight is 481 g/mol. The van der Waals surface area contributed by atoms with E-state index in [0.717, 1.165) is 19.3 Å². The molecule has 0 amide bonds. The molecule has 2 aliphatic carbocycles. The molecule has 0 radical (unpaired) electrons. The monoisotopic (exact) mass is 480 g/mol. The van der Waals surface area contributed by atoms with Crippen molar-refractivity contribution in [1.29, 1.82) is 0 Å². The molecule has 0 aromatic carbocycles. The van der Waals surface area contributed by atoms with E-state index in [1.165, 1.54) is 6.08 Å². The van der Waals surface area contributed by atoms with Crippen LogP contribution in [0.5, 0.6) is 0 Å². The van der Waals surface area contributed by atoms with Crippen molar-refractivity contribution in [2.75, 3.05) is 13.2 Å². The van der Waals surface area contributed by atoms with E-state index in [9.17, 15) is 19.2 Å². The second kappa shape index (κ2) is 10.8. The van der Waals surface area contributed by atoms with Crippen molar-refractivity contribution in [3.63, 3.8) is 0 Å². The van der Waals surface area contributed by atoms with Crippen LogP contribution in [0.2, 0.25) is 0 Å². The first kappa shape index (κ1) is 24.3. The molecule has 1 saturated carbocycles. The summed E-state index contributed by atoms with van der Waals surface area (Å²) in [5.41, 5.74) is -0.370. The number of ether oxygens (including phenoxy) is 2. The fourth-order valence-electron chi connectivity index (χ4n) is 4.02. The molecule has 2 rings (SSSR count). The summed E-state index contributed by atoms with van der Waals surface area (Å²) in [7, 11) is 0. The zero-order valence-electron chi connectivity index (χ0n) is 17.6. The summed E-state index contributed by atoms with van der Waals surface area (Å²) in [6.07, 6.45) is 6.55. The van der Waals surface area contributed by atoms with Gasteiger partial charge in [0.1, 0.15) is 5.78 Å². The van der Waals surface area contributed by atoms with E-state index in [4.69, 9.17) is 9.47 Å². The van der Waals surface area contributed by atoms with Gasteiger partial charge in [-0.3, -0.25) is 19.2 Å². The number of carbonyl (C=O) groups excluding carboxylic acids is 4. The van der Waals surface area contributed by atoms with Gasteiger partial charge in [0.2, 0.25) is 0 Å². The smallest absolute Gasteiger partial charge is 0.324 e. The van der Waals surface area contributed by atoms with Gasteiger partial charge in [-0.1, -0.05) is 35.0 Å². The first-order valence-electron chi connectivity index (χ1n) is 10.4. The van der Waals surface area contributed by atoms with Crippen molar-refractivity contribution >= 4 is 39.4 Å². The number of allylic oxidation sites excluding steroid dienone is 5. The highest BCUT2D eigenvalue weighted by Gasteiger charge is 2.50. The van der Waals surface area contributed by atoms with Gasteiger partial charge in [0, 0.05) is 25.2 Å². The standard InChI is InChI=1S/C23H29BrO6/c1-4-29-21(27)23(13-15(3)24,22(28)30-5-2)14-18-12-19(25)11-17(18)10-16-8-6-7-9-20(16)26/h10,12,16H,3-9,11,13-14H2,1-2H3/b17-10+. The highest BCUT2D eigenvalue weighted by Crippen LogP contribution is 2.42. The van der Waals surface area contributed by atoms with Crippen molar-refractivity contribution in [2.45, 2.75) is 58.8 Å². The lowest BCUT2D eigenvalue weighted by Gasteiger charge is -2.30. The van der Waals surface area contributed by atoms with E-state index in [2.05, 4.69) is 22.5 Å². The van der Waals surface area contributed by atoms with Gasteiger partial charge in [-0.05, 0) is 54.8 Å². The Morgan fingerprint density at radius 2 is 1.83 bits per heavy atom. The van der Waals surface area contributed by atoms with E-state index in [0.29, 0.717) is 22.0 Å². The SMILES string of the molecule is C=C(Br)CC(CC1=CC(=O)C/C1=C\C1CCCCC1=O)(C(=O)OCC)C(=O)OCC. The quantitative estimate of drug-likeness (QED) is 0.359. The minimum absolute atomic E-state index is 0.0220. The van der Waals surface area contributed by atoms with Crippen LogP contribution in [0.15, 0.2) is 34.4 Å². The van der Waals surface area contributed by atoms with Crippen molar-refractivity contribution in [3.05, 3.63) is 34.4 Å². The Morgan fingerprint density at radius 1 is 1.20 bits per heavy atom. The maximum Gasteiger partial charge on any atom is 0.324 e. The van der Waals surface area contributed by atoms with Crippen LogP contribution >= 0.6 is 15.9 Å². The van der Waals surface area contributed by atoms with Crippen LogP contribution < -0.4 is 0 Å². The third-order valence-corrected chi connectivity index (χ3v) is 5.72. The Labute approximate surface area is 185 Å². The van der Waals surface area contributed by atoms with Gasteiger partial charge < -0.3 is 9.47 Å². The maximum absolute atomic E-state index is 13.0. The molecule has 0 bridgehead atoms. The summed E-state index contributed by atoms with van der Waals surface area (Å²) in [5.74, 6) is -1.59. The second-order valence-electron chi connectivity index (χ2n) is 7.72. The Hall–Kier alpha value is -2.02. The summed E-state index contributed by atoms with van der Waals surface area (Å²) in [5, 5.41) is 0. The highest BCUT2D eigenvalue weighted by atomic mass is 79.9. The molecule has 6 nitrogen and oxygen atoms in total. The number of rotatable bonds is 9. The molecule has 164 valence electrons. The molecule has 0 aromatic rings. The third kappa shape index (κ3) is 5.78. The molecule has 30 heavy (non-hydrogen) atoms. The number of esters is 2. The third-order valence-electron chi connectivity index (χ3n) is 5.43. The zero-order chi connectivity index (χ0) is 22.3. The van der Waals surface area contributed by atoms with Crippen LogP contribution in [0, 0.1) is 11.3 Å². The highest BCUT2D eigenvalue weighted by molar-refractivity contribution is 9.11. The number of hydrogen-bond donors (Lipinski definition) is 0. The molecule has 1 atom stereocenters. The van der Waals surface area contributed by atoms with Crippen LogP contribution in [0.3, 0.4) is 0 Å². The van der Waals surface area contributed by atoms with Gasteiger partial charge in [0.25, 0.3) is 0 Å². The van der Waals surface area contributed by atoms with E-state index < -0.39 is 17.4 Å². The van der Waals surface area contributed by atoms with Gasteiger partial charge >= 0.3 is 11.9 Å². The van der Waals surface area contributed by atoms with Gasteiger partial charge in [0.15, 0.2) is 11.2 Å². The Kier molecular flexibility index (Phi) is 8.77.